The summed E-state index contributed by atoms with van der Waals surface area (Å²) in [6.07, 6.45) is 0. The number of hydrogen-bond acceptors (Lipinski definition) is 4. The van der Waals surface area contributed by atoms with Crippen molar-refractivity contribution in [1.29, 1.82) is 0 Å². The number of carbonyl (C=O) groups excluding carboxylic acids is 2. The standard InChI is InChI=1S/C18H21N3O2S.ClH/c1-13-11-19-8-9-21(13)18(23)15-6-4-14(5-7-15)12-20-17(22)16-3-2-10-24-16;/h2-7,10,13,19H,8-9,11-12H2,1H3,(H,20,22);1H/t13-;/m1./s1. The van der Waals surface area contributed by atoms with Crippen molar-refractivity contribution in [3.63, 3.8) is 0 Å². The highest BCUT2D eigenvalue weighted by atomic mass is 35.5. The van der Waals surface area contributed by atoms with E-state index in [4.69, 9.17) is 0 Å². The van der Waals surface area contributed by atoms with Crippen LogP contribution in [-0.4, -0.2) is 42.4 Å². The number of nitrogens with one attached hydrogen (secondary N) is 2. The summed E-state index contributed by atoms with van der Waals surface area (Å²) in [6, 6.07) is 11.3. The molecule has 1 aliphatic heterocycles. The van der Waals surface area contributed by atoms with Gasteiger partial charge < -0.3 is 15.5 Å². The molecule has 134 valence electrons. The first kappa shape index (κ1) is 19.4. The van der Waals surface area contributed by atoms with E-state index in [0.29, 0.717) is 17.0 Å². The molecule has 5 nitrogen and oxygen atoms in total. The fraction of sp³-hybridized carbons (Fsp3) is 0.333. The minimum Gasteiger partial charge on any atom is -0.347 e. The van der Waals surface area contributed by atoms with Crippen molar-refractivity contribution in [3.8, 4) is 0 Å². The van der Waals surface area contributed by atoms with Crippen LogP contribution in [-0.2, 0) is 6.54 Å². The molecule has 0 unspecified atom stereocenters. The Kier molecular flexibility index (Phi) is 6.99. The Labute approximate surface area is 157 Å². The molecule has 1 fully saturated rings. The molecule has 2 amide bonds. The van der Waals surface area contributed by atoms with Crippen LogP contribution in [0.25, 0.3) is 0 Å². The quantitative estimate of drug-likeness (QED) is 0.858. The number of rotatable bonds is 4. The van der Waals surface area contributed by atoms with Gasteiger partial charge in [0.15, 0.2) is 0 Å². The maximum Gasteiger partial charge on any atom is 0.261 e. The third kappa shape index (κ3) is 4.81. The van der Waals surface area contributed by atoms with Crippen LogP contribution >= 0.6 is 23.7 Å². The van der Waals surface area contributed by atoms with E-state index in [2.05, 4.69) is 17.6 Å². The number of amides is 2. The fourth-order valence-corrected chi connectivity index (χ4v) is 3.39. The summed E-state index contributed by atoms with van der Waals surface area (Å²) in [5, 5.41) is 8.06. The first-order valence-electron chi connectivity index (χ1n) is 8.07. The SMILES string of the molecule is C[C@@H]1CNCCN1C(=O)c1ccc(CNC(=O)c2cccs2)cc1.Cl. The van der Waals surface area contributed by atoms with E-state index in [-0.39, 0.29) is 30.3 Å². The lowest BCUT2D eigenvalue weighted by Gasteiger charge is -2.34. The monoisotopic (exact) mass is 379 g/mol. The van der Waals surface area contributed by atoms with Gasteiger partial charge in [-0.15, -0.1) is 23.7 Å². The second-order valence-corrected chi connectivity index (χ2v) is 6.86. The van der Waals surface area contributed by atoms with Crippen LogP contribution in [0.3, 0.4) is 0 Å². The highest BCUT2D eigenvalue weighted by Crippen LogP contribution is 2.12. The van der Waals surface area contributed by atoms with Gasteiger partial charge in [-0.25, -0.2) is 0 Å². The van der Waals surface area contributed by atoms with Crippen LogP contribution in [0.4, 0.5) is 0 Å². The molecule has 7 heteroatoms. The van der Waals surface area contributed by atoms with E-state index in [9.17, 15) is 9.59 Å². The highest BCUT2D eigenvalue weighted by molar-refractivity contribution is 7.12. The maximum absolute atomic E-state index is 12.6. The smallest absolute Gasteiger partial charge is 0.261 e. The van der Waals surface area contributed by atoms with E-state index >= 15 is 0 Å². The lowest BCUT2D eigenvalue weighted by Crippen LogP contribution is -2.52. The first-order chi connectivity index (χ1) is 11.6. The number of halogens is 1. The molecule has 1 aliphatic rings. The van der Waals surface area contributed by atoms with E-state index < -0.39 is 0 Å². The number of carbonyl (C=O) groups is 2. The zero-order valence-electron chi connectivity index (χ0n) is 14.0. The Hall–Kier alpha value is -1.89. The Morgan fingerprint density at radius 3 is 2.68 bits per heavy atom. The van der Waals surface area contributed by atoms with Gasteiger partial charge in [0.25, 0.3) is 11.8 Å². The highest BCUT2D eigenvalue weighted by Gasteiger charge is 2.23. The van der Waals surface area contributed by atoms with Crippen molar-refractivity contribution >= 4 is 35.6 Å². The first-order valence-corrected chi connectivity index (χ1v) is 8.95. The molecule has 25 heavy (non-hydrogen) atoms. The van der Waals surface area contributed by atoms with Gasteiger partial charge in [-0.3, -0.25) is 9.59 Å². The zero-order chi connectivity index (χ0) is 16.9. The predicted molar refractivity (Wildman–Crippen MR) is 103 cm³/mol. The summed E-state index contributed by atoms with van der Waals surface area (Å²) in [7, 11) is 0. The Balaban J connectivity index is 0.00000225. The van der Waals surface area contributed by atoms with Crippen LogP contribution in [0.15, 0.2) is 41.8 Å². The number of nitrogens with zero attached hydrogens (tertiary/aromatic N) is 1. The molecule has 1 saturated heterocycles. The molecule has 3 rings (SSSR count). The second-order valence-electron chi connectivity index (χ2n) is 5.91. The largest absolute Gasteiger partial charge is 0.347 e. The van der Waals surface area contributed by atoms with Gasteiger partial charge in [-0.05, 0) is 36.1 Å². The van der Waals surface area contributed by atoms with Crippen molar-refractivity contribution in [2.45, 2.75) is 19.5 Å². The summed E-state index contributed by atoms with van der Waals surface area (Å²) >= 11 is 1.42. The van der Waals surface area contributed by atoms with Gasteiger partial charge in [0, 0.05) is 37.8 Å². The van der Waals surface area contributed by atoms with Crippen molar-refractivity contribution in [2.75, 3.05) is 19.6 Å². The Morgan fingerprint density at radius 2 is 2.04 bits per heavy atom. The zero-order valence-corrected chi connectivity index (χ0v) is 15.7. The summed E-state index contributed by atoms with van der Waals surface area (Å²) in [6.45, 7) is 4.91. The molecule has 0 radical (unpaired) electrons. The Morgan fingerprint density at radius 1 is 1.28 bits per heavy atom. The molecule has 0 saturated carbocycles. The van der Waals surface area contributed by atoms with Gasteiger partial charge >= 0.3 is 0 Å². The van der Waals surface area contributed by atoms with Crippen molar-refractivity contribution < 1.29 is 9.59 Å². The van der Waals surface area contributed by atoms with Crippen molar-refractivity contribution in [2.24, 2.45) is 0 Å². The molecule has 1 aromatic heterocycles. The normalized spacial score (nSPS) is 16.8. The van der Waals surface area contributed by atoms with Gasteiger partial charge in [-0.1, -0.05) is 18.2 Å². The number of piperazine rings is 1. The van der Waals surface area contributed by atoms with Crippen molar-refractivity contribution in [3.05, 3.63) is 57.8 Å². The fourth-order valence-electron chi connectivity index (χ4n) is 2.75. The molecule has 0 aliphatic carbocycles. The summed E-state index contributed by atoms with van der Waals surface area (Å²) in [5.41, 5.74) is 1.67. The average Bonchev–Trinajstić information content (AvgIpc) is 3.15. The number of hydrogen-bond donors (Lipinski definition) is 2. The molecule has 2 heterocycles. The topological polar surface area (TPSA) is 61.4 Å². The number of benzene rings is 1. The third-order valence-corrected chi connectivity index (χ3v) is 5.03. The molecule has 0 spiro atoms. The van der Waals surface area contributed by atoms with Crippen LogP contribution in [0.2, 0.25) is 0 Å². The molecule has 2 aromatic rings. The summed E-state index contributed by atoms with van der Waals surface area (Å²) < 4.78 is 0. The molecular formula is C18H22ClN3O2S. The molecule has 1 aromatic carbocycles. The molecule has 2 N–H and O–H groups in total. The lowest BCUT2D eigenvalue weighted by atomic mass is 10.1. The van der Waals surface area contributed by atoms with Crippen molar-refractivity contribution in [1.82, 2.24) is 15.5 Å². The van der Waals surface area contributed by atoms with E-state index in [1.54, 1.807) is 6.07 Å². The molecule has 0 bridgehead atoms. The van der Waals surface area contributed by atoms with Crippen LogP contribution < -0.4 is 10.6 Å². The van der Waals surface area contributed by atoms with Gasteiger partial charge in [-0.2, -0.15) is 0 Å². The molecular weight excluding hydrogens is 358 g/mol. The summed E-state index contributed by atoms with van der Waals surface area (Å²) in [4.78, 5) is 27.1. The van der Waals surface area contributed by atoms with Crippen LogP contribution in [0, 0.1) is 0 Å². The lowest BCUT2D eigenvalue weighted by molar-refractivity contribution is 0.0655. The maximum atomic E-state index is 12.6. The third-order valence-electron chi connectivity index (χ3n) is 4.16. The second kappa shape index (κ2) is 8.99. The van der Waals surface area contributed by atoms with E-state index in [1.165, 1.54) is 11.3 Å². The minimum absolute atomic E-state index is 0. The van der Waals surface area contributed by atoms with E-state index in [1.807, 2.05) is 40.6 Å². The van der Waals surface area contributed by atoms with E-state index in [0.717, 1.165) is 25.2 Å². The predicted octanol–water partition coefficient (Wildman–Crippen LogP) is 2.53. The number of thiophene rings is 1. The van der Waals surface area contributed by atoms with Gasteiger partial charge in [0.05, 0.1) is 4.88 Å². The molecule has 1 atom stereocenters. The van der Waals surface area contributed by atoms with Gasteiger partial charge in [0.2, 0.25) is 0 Å². The minimum atomic E-state index is -0.0696. The van der Waals surface area contributed by atoms with Gasteiger partial charge in [0.1, 0.15) is 0 Å². The Bertz CT molecular complexity index is 704. The van der Waals surface area contributed by atoms with Crippen LogP contribution in [0.5, 0.6) is 0 Å². The van der Waals surface area contributed by atoms with Crippen LogP contribution in [0.1, 0.15) is 32.5 Å². The summed E-state index contributed by atoms with van der Waals surface area (Å²) in [5.74, 6) is -0.00188. The average molecular weight is 380 g/mol.